The number of aromatic nitrogens is 2. The number of rotatable bonds is 2. The molecule has 0 aliphatic carbocycles. The van der Waals surface area contributed by atoms with Crippen LogP contribution in [0.15, 0.2) is 67.1 Å². The van der Waals surface area contributed by atoms with Gasteiger partial charge in [-0.25, -0.2) is 9.78 Å². The number of carbonyl (C=O) groups is 1. The van der Waals surface area contributed by atoms with E-state index in [1.54, 1.807) is 23.2 Å². The fourth-order valence-electron chi connectivity index (χ4n) is 2.91. The lowest BCUT2D eigenvalue weighted by atomic mass is 10.2. The van der Waals surface area contributed by atoms with Crippen molar-refractivity contribution in [2.24, 2.45) is 0 Å². The second-order valence-electron chi connectivity index (χ2n) is 5.78. The zero-order chi connectivity index (χ0) is 17.2. The monoisotopic (exact) mass is 353 g/mol. The van der Waals surface area contributed by atoms with Crippen molar-refractivity contribution in [3.8, 4) is 11.3 Å². The number of amides is 1. The molecule has 0 radical (unpaired) electrons. The molecule has 0 spiro atoms. The predicted molar refractivity (Wildman–Crippen MR) is 95.3 cm³/mol. The first-order valence-electron chi connectivity index (χ1n) is 8.00. The van der Waals surface area contributed by atoms with Gasteiger partial charge in [0.2, 0.25) is 0 Å². The van der Waals surface area contributed by atoms with Gasteiger partial charge in [-0.2, -0.15) is 0 Å². The minimum atomic E-state index is -0.366. The van der Waals surface area contributed by atoms with Gasteiger partial charge in [0.15, 0.2) is 6.23 Å². The van der Waals surface area contributed by atoms with Crippen LogP contribution in [0, 0.1) is 0 Å². The van der Waals surface area contributed by atoms with Crippen LogP contribution < -0.4 is 0 Å². The Labute approximate surface area is 150 Å². The molecule has 25 heavy (non-hydrogen) atoms. The molecule has 1 fully saturated rings. The third kappa shape index (κ3) is 3.16. The van der Waals surface area contributed by atoms with Gasteiger partial charge in [-0.15, -0.1) is 0 Å². The van der Waals surface area contributed by atoms with Gasteiger partial charge < -0.3 is 4.74 Å². The van der Waals surface area contributed by atoms with Gasteiger partial charge in [0.25, 0.3) is 0 Å². The maximum absolute atomic E-state index is 12.9. The molecule has 1 atom stereocenters. The van der Waals surface area contributed by atoms with E-state index in [4.69, 9.17) is 16.3 Å². The number of hydrogen-bond acceptors (Lipinski definition) is 3. The van der Waals surface area contributed by atoms with Gasteiger partial charge in [0.05, 0.1) is 12.3 Å². The molecule has 6 heteroatoms. The van der Waals surface area contributed by atoms with Crippen molar-refractivity contribution in [1.29, 1.82) is 0 Å². The van der Waals surface area contributed by atoms with E-state index in [0.717, 1.165) is 16.8 Å². The first-order chi connectivity index (χ1) is 12.2. The summed E-state index contributed by atoms with van der Waals surface area (Å²) in [6.07, 6.45) is 2.90. The Morgan fingerprint density at radius 2 is 1.88 bits per heavy atom. The average molecular weight is 354 g/mol. The molecule has 1 amide bonds. The van der Waals surface area contributed by atoms with E-state index in [9.17, 15) is 4.79 Å². The number of benzene rings is 2. The fraction of sp³-hybridized carbons (Fsp3) is 0.158. The minimum Gasteiger partial charge on any atom is -0.352 e. The summed E-state index contributed by atoms with van der Waals surface area (Å²) in [5, 5.41) is 0.666. The van der Waals surface area contributed by atoms with Gasteiger partial charge in [0.1, 0.15) is 6.33 Å². The Hall–Kier alpha value is -2.63. The number of imidazole rings is 1. The lowest BCUT2D eigenvalue weighted by molar-refractivity contribution is 0.0493. The molecule has 0 saturated carbocycles. The number of hydrogen-bond donors (Lipinski definition) is 0. The quantitative estimate of drug-likeness (QED) is 0.693. The molecular weight excluding hydrogens is 338 g/mol. The molecule has 4 rings (SSSR count). The van der Waals surface area contributed by atoms with Gasteiger partial charge in [0, 0.05) is 28.9 Å². The molecule has 1 unspecified atom stereocenters. The summed E-state index contributed by atoms with van der Waals surface area (Å²) in [7, 11) is 0. The highest BCUT2D eigenvalue weighted by Crippen LogP contribution is 2.28. The predicted octanol–water partition coefficient (Wildman–Crippen LogP) is 4.20. The molecule has 2 heterocycles. The van der Waals surface area contributed by atoms with Crippen LogP contribution >= 0.6 is 11.6 Å². The maximum atomic E-state index is 12.9. The van der Waals surface area contributed by atoms with Crippen LogP contribution in [-0.2, 0) is 4.74 Å². The largest absolute Gasteiger partial charge is 0.352 e. The lowest BCUT2D eigenvalue weighted by Gasteiger charge is -2.23. The van der Waals surface area contributed by atoms with Crippen molar-refractivity contribution >= 4 is 17.6 Å². The number of ether oxygens (including phenoxy) is 1. The summed E-state index contributed by atoms with van der Waals surface area (Å²) >= 11 is 5.91. The van der Waals surface area contributed by atoms with E-state index in [1.807, 2.05) is 42.5 Å². The van der Waals surface area contributed by atoms with Gasteiger partial charge in [-0.1, -0.05) is 54.1 Å². The molecule has 1 aliphatic rings. The first kappa shape index (κ1) is 15.9. The van der Waals surface area contributed by atoms with Crippen LogP contribution in [0.4, 0.5) is 4.79 Å². The summed E-state index contributed by atoms with van der Waals surface area (Å²) in [4.78, 5) is 18.9. The molecule has 5 nitrogen and oxygen atoms in total. The van der Waals surface area contributed by atoms with Gasteiger partial charge >= 0.3 is 6.03 Å². The highest BCUT2D eigenvalue weighted by atomic mass is 35.5. The van der Waals surface area contributed by atoms with Crippen LogP contribution in [0.3, 0.4) is 0 Å². The standard InChI is InChI=1S/C19H16ClN3O2/c20-16-8-6-14(7-9-16)17-12-22(13-21-17)19(24)23-10-11-25-18(23)15-4-2-1-3-5-15/h1-9,12-13,18H,10-11H2. The Morgan fingerprint density at radius 1 is 1.12 bits per heavy atom. The number of halogens is 1. The van der Waals surface area contributed by atoms with Gasteiger partial charge in [-0.05, 0) is 12.1 Å². The second kappa shape index (κ2) is 6.70. The first-order valence-corrected chi connectivity index (χ1v) is 8.37. The Balaban J connectivity index is 1.58. The molecule has 2 aromatic carbocycles. The Bertz CT molecular complexity index is 877. The molecule has 1 aromatic heterocycles. The zero-order valence-electron chi connectivity index (χ0n) is 13.4. The molecule has 3 aromatic rings. The SMILES string of the molecule is O=C(N1CCOC1c1ccccc1)n1cnc(-c2ccc(Cl)cc2)c1. The lowest BCUT2D eigenvalue weighted by Crippen LogP contribution is -2.34. The molecule has 126 valence electrons. The Kier molecular flexibility index (Phi) is 4.26. The van der Waals surface area contributed by atoms with Crippen LogP contribution in [0.5, 0.6) is 0 Å². The molecule has 0 bridgehead atoms. The van der Waals surface area contributed by atoms with Crippen molar-refractivity contribution in [2.45, 2.75) is 6.23 Å². The summed E-state index contributed by atoms with van der Waals surface area (Å²) < 4.78 is 7.25. The van der Waals surface area contributed by atoms with Crippen LogP contribution in [0.1, 0.15) is 11.8 Å². The van der Waals surface area contributed by atoms with Crippen LogP contribution in [0.25, 0.3) is 11.3 Å². The highest BCUT2D eigenvalue weighted by molar-refractivity contribution is 6.30. The minimum absolute atomic E-state index is 0.154. The van der Waals surface area contributed by atoms with E-state index in [2.05, 4.69) is 4.98 Å². The molecule has 1 aliphatic heterocycles. The Morgan fingerprint density at radius 3 is 2.64 bits per heavy atom. The smallest absolute Gasteiger partial charge is 0.331 e. The van der Waals surface area contributed by atoms with Crippen molar-refractivity contribution in [1.82, 2.24) is 14.5 Å². The van der Waals surface area contributed by atoms with Gasteiger partial charge in [-0.3, -0.25) is 9.47 Å². The van der Waals surface area contributed by atoms with Crippen LogP contribution in [-0.4, -0.2) is 33.6 Å². The number of nitrogens with zero attached hydrogens (tertiary/aromatic N) is 3. The fourth-order valence-corrected chi connectivity index (χ4v) is 3.03. The normalized spacial score (nSPS) is 17.0. The molecular formula is C19H16ClN3O2. The topological polar surface area (TPSA) is 47.4 Å². The number of carbonyl (C=O) groups excluding carboxylic acids is 1. The average Bonchev–Trinajstić information content (AvgIpc) is 3.32. The van der Waals surface area contributed by atoms with Crippen LogP contribution in [0.2, 0.25) is 5.02 Å². The second-order valence-corrected chi connectivity index (χ2v) is 6.22. The van der Waals surface area contributed by atoms with E-state index in [-0.39, 0.29) is 12.3 Å². The van der Waals surface area contributed by atoms with Crippen molar-refractivity contribution in [3.63, 3.8) is 0 Å². The third-order valence-electron chi connectivity index (χ3n) is 4.16. The molecule has 1 saturated heterocycles. The highest BCUT2D eigenvalue weighted by Gasteiger charge is 2.31. The van der Waals surface area contributed by atoms with E-state index >= 15 is 0 Å². The van der Waals surface area contributed by atoms with E-state index in [1.165, 1.54) is 10.9 Å². The molecule has 0 N–H and O–H groups in total. The third-order valence-corrected chi connectivity index (χ3v) is 4.42. The summed E-state index contributed by atoms with van der Waals surface area (Å²) in [6.45, 7) is 1.07. The maximum Gasteiger partial charge on any atom is 0.331 e. The van der Waals surface area contributed by atoms with E-state index < -0.39 is 0 Å². The van der Waals surface area contributed by atoms with E-state index in [0.29, 0.717) is 18.2 Å². The summed E-state index contributed by atoms with van der Waals surface area (Å²) in [5.41, 5.74) is 2.60. The van der Waals surface area contributed by atoms with Crippen molar-refractivity contribution in [2.75, 3.05) is 13.2 Å². The summed E-state index contributed by atoms with van der Waals surface area (Å²) in [5.74, 6) is 0. The van der Waals surface area contributed by atoms with Crippen molar-refractivity contribution in [3.05, 3.63) is 77.7 Å². The van der Waals surface area contributed by atoms with Crippen molar-refractivity contribution < 1.29 is 9.53 Å². The summed E-state index contributed by atoms with van der Waals surface area (Å²) in [6, 6.07) is 17.0. The zero-order valence-corrected chi connectivity index (χ0v) is 14.1.